The van der Waals surface area contributed by atoms with Crippen LogP contribution in [0.5, 0.6) is 0 Å². The molecule has 19 heavy (non-hydrogen) atoms. The van der Waals surface area contributed by atoms with E-state index < -0.39 is 10.0 Å². The highest BCUT2D eigenvalue weighted by molar-refractivity contribution is 7.89. The molecule has 0 bridgehead atoms. The second-order valence-corrected chi connectivity index (χ2v) is 6.74. The van der Waals surface area contributed by atoms with E-state index in [4.69, 9.17) is 6.42 Å². The standard InChI is InChI=1S/C14H18N2O2S/c1-3-10-16(2)19(17,18)14-7-5-4-6-12(14)11-15-13-8-9-13/h1,4-7,13,15H,8-11H2,2H3. The highest BCUT2D eigenvalue weighted by Crippen LogP contribution is 2.22. The van der Waals surface area contributed by atoms with Crippen molar-refractivity contribution < 1.29 is 8.42 Å². The number of nitrogens with zero attached hydrogens (tertiary/aromatic N) is 1. The number of hydrogen-bond acceptors (Lipinski definition) is 3. The van der Waals surface area contributed by atoms with Crippen LogP contribution in [-0.4, -0.2) is 32.4 Å². The molecule has 0 aromatic heterocycles. The molecule has 1 N–H and O–H groups in total. The molecule has 1 saturated carbocycles. The highest BCUT2D eigenvalue weighted by Gasteiger charge is 2.25. The van der Waals surface area contributed by atoms with Gasteiger partial charge >= 0.3 is 0 Å². The largest absolute Gasteiger partial charge is 0.310 e. The number of rotatable bonds is 6. The minimum absolute atomic E-state index is 0.0761. The van der Waals surface area contributed by atoms with Crippen molar-refractivity contribution in [2.45, 2.75) is 30.3 Å². The third kappa shape index (κ3) is 3.35. The van der Waals surface area contributed by atoms with Gasteiger partial charge in [-0.25, -0.2) is 8.42 Å². The molecule has 1 aliphatic carbocycles. The Morgan fingerprint density at radius 2 is 2.11 bits per heavy atom. The highest BCUT2D eigenvalue weighted by atomic mass is 32.2. The van der Waals surface area contributed by atoms with Crippen LogP contribution in [-0.2, 0) is 16.6 Å². The van der Waals surface area contributed by atoms with Crippen molar-refractivity contribution in [1.82, 2.24) is 9.62 Å². The van der Waals surface area contributed by atoms with E-state index in [0.29, 0.717) is 17.5 Å². The Kier molecular flexibility index (Phi) is 4.25. The van der Waals surface area contributed by atoms with Crippen LogP contribution in [0.15, 0.2) is 29.2 Å². The van der Waals surface area contributed by atoms with Gasteiger partial charge < -0.3 is 5.32 Å². The lowest BCUT2D eigenvalue weighted by atomic mass is 10.2. The van der Waals surface area contributed by atoms with Crippen LogP contribution >= 0.6 is 0 Å². The van der Waals surface area contributed by atoms with Gasteiger partial charge in [-0.2, -0.15) is 4.31 Å². The Hall–Kier alpha value is -1.35. The van der Waals surface area contributed by atoms with Gasteiger partial charge in [-0.1, -0.05) is 24.1 Å². The zero-order valence-corrected chi connectivity index (χ0v) is 11.8. The van der Waals surface area contributed by atoms with E-state index in [9.17, 15) is 8.42 Å². The number of terminal acetylenes is 1. The second kappa shape index (κ2) is 5.74. The van der Waals surface area contributed by atoms with Crippen molar-refractivity contribution in [2.75, 3.05) is 13.6 Å². The average Bonchev–Trinajstić information content (AvgIpc) is 3.21. The zero-order chi connectivity index (χ0) is 13.9. The molecule has 5 heteroatoms. The van der Waals surface area contributed by atoms with Gasteiger partial charge in [-0.05, 0) is 24.5 Å². The summed E-state index contributed by atoms with van der Waals surface area (Å²) in [6.07, 6.45) is 7.53. The van der Waals surface area contributed by atoms with Crippen molar-refractivity contribution in [3.8, 4) is 12.3 Å². The average molecular weight is 278 g/mol. The van der Waals surface area contributed by atoms with Crippen LogP contribution in [0.1, 0.15) is 18.4 Å². The molecule has 1 fully saturated rings. The molecule has 0 atom stereocenters. The smallest absolute Gasteiger partial charge is 0.244 e. The van der Waals surface area contributed by atoms with Crippen molar-refractivity contribution in [3.05, 3.63) is 29.8 Å². The Morgan fingerprint density at radius 3 is 2.74 bits per heavy atom. The summed E-state index contributed by atoms with van der Waals surface area (Å²) < 4.78 is 26.0. The summed E-state index contributed by atoms with van der Waals surface area (Å²) in [6, 6.07) is 7.60. The van der Waals surface area contributed by atoms with Crippen LogP contribution in [0.3, 0.4) is 0 Å². The lowest BCUT2D eigenvalue weighted by Crippen LogP contribution is -2.29. The van der Waals surface area contributed by atoms with E-state index in [1.165, 1.54) is 24.2 Å². The molecular formula is C14H18N2O2S. The molecule has 2 rings (SSSR count). The van der Waals surface area contributed by atoms with Gasteiger partial charge in [0.25, 0.3) is 0 Å². The Balaban J connectivity index is 2.24. The quantitative estimate of drug-likeness (QED) is 0.795. The van der Waals surface area contributed by atoms with Gasteiger partial charge in [-0.3, -0.25) is 0 Å². The fourth-order valence-electron chi connectivity index (χ4n) is 1.82. The maximum absolute atomic E-state index is 12.4. The Morgan fingerprint density at radius 1 is 1.42 bits per heavy atom. The van der Waals surface area contributed by atoms with Crippen molar-refractivity contribution >= 4 is 10.0 Å². The molecule has 0 amide bonds. The number of nitrogens with one attached hydrogen (secondary N) is 1. The summed E-state index contributed by atoms with van der Waals surface area (Å²) in [6.45, 7) is 0.649. The second-order valence-electron chi connectivity index (χ2n) is 4.73. The first-order chi connectivity index (χ1) is 9.05. The van der Waals surface area contributed by atoms with Crippen LogP contribution in [0.25, 0.3) is 0 Å². The summed E-state index contributed by atoms with van der Waals surface area (Å²) in [5.74, 6) is 2.35. The summed E-state index contributed by atoms with van der Waals surface area (Å²) >= 11 is 0. The maximum Gasteiger partial charge on any atom is 0.244 e. The molecule has 0 heterocycles. The summed E-state index contributed by atoms with van der Waals surface area (Å²) in [5.41, 5.74) is 0.790. The fraction of sp³-hybridized carbons (Fsp3) is 0.429. The summed E-state index contributed by atoms with van der Waals surface area (Å²) in [5, 5.41) is 3.33. The van der Waals surface area contributed by atoms with E-state index >= 15 is 0 Å². The van der Waals surface area contributed by atoms with E-state index in [2.05, 4.69) is 11.2 Å². The van der Waals surface area contributed by atoms with Gasteiger partial charge in [0, 0.05) is 19.6 Å². The van der Waals surface area contributed by atoms with Crippen LogP contribution in [0, 0.1) is 12.3 Å². The van der Waals surface area contributed by atoms with E-state index in [0.717, 1.165) is 5.56 Å². The first-order valence-corrected chi connectivity index (χ1v) is 7.71. The maximum atomic E-state index is 12.4. The minimum Gasteiger partial charge on any atom is -0.310 e. The molecule has 1 aromatic rings. The molecular weight excluding hydrogens is 260 g/mol. The SMILES string of the molecule is C#CCN(C)S(=O)(=O)c1ccccc1CNC1CC1. The van der Waals surface area contributed by atoms with Crippen molar-refractivity contribution in [3.63, 3.8) is 0 Å². The van der Waals surface area contributed by atoms with Crippen LogP contribution in [0.2, 0.25) is 0 Å². The fourth-order valence-corrected chi connectivity index (χ4v) is 3.13. The van der Waals surface area contributed by atoms with E-state index in [-0.39, 0.29) is 6.54 Å². The van der Waals surface area contributed by atoms with Gasteiger partial charge in [0.05, 0.1) is 11.4 Å². The number of benzene rings is 1. The molecule has 4 nitrogen and oxygen atoms in total. The summed E-state index contributed by atoms with van der Waals surface area (Å²) in [4.78, 5) is 0.334. The van der Waals surface area contributed by atoms with Gasteiger partial charge in [0.2, 0.25) is 10.0 Å². The molecule has 0 radical (unpaired) electrons. The van der Waals surface area contributed by atoms with E-state index in [1.807, 2.05) is 12.1 Å². The third-order valence-corrected chi connectivity index (χ3v) is 5.04. The van der Waals surface area contributed by atoms with Crippen molar-refractivity contribution in [2.24, 2.45) is 0 Å². The minimum atomic E-state index is -3.51. The molecule has 102 valence electrons. The number of hydrogen-bond donors (Lipinski definition) is 1. The molecule has 0 unspecified atom stereocenters. The van der Waals surface area contributed by atoms with Gasteiger partial charge in [0.15, 0.2) is 0 Å². The Bertz CT molecular complexity index is 586. The predicted molar refractivity (Wildman–Crippen MR) is 75.0 cm³/mol. The zero-order valence-electron chi connectivity index (χ0n) is 11.0. The lowest BCUT2D eigenvalue weighted by Gasteiger charge is -2.17. The molecule has 0 aliphatic heterocycles. The lowest BCUT2D eigenvalue weighted by molar-refractivity contribution is 0.501. The first-order valence-electron chi connectivity index (χ1n) is 6.27. The monoisotopic (exact) mass is 278 g/mol. The molecule has 0 saturated heterocycles. The normalized spacial score (nSPS) is 15.4. The first kappa shape index (κ1) is 14.1. The Labute approximate surface area is 114 Å². The van der Waals surface area contributed by atoms with Gasteiger partial charge in [-0.15, -0.1) is 6.42 Å². The van der Waals surface area contributed by atoms with Gasteiger partial charge in [0.1, 0.15) is 0 Å². The number of sulfonamides is 1. The van der Waals surface area contributed by atoms with Crippen LogP contribution in [0.4, 0.5) is 0 Å². The molecule has 1 aliphatic rings. The molecule has 1 aromatic carbocycles. The van der Waals surface area contributed by atoms with Crippen LogP contribution < -0.4 is 5.32 Å². The molecule has 0 spiro atoms. The van der Waals surface area contributed by atoms with Crippen molar-refractivity contribution in [1.29, 1.82) is 0 Å². The summed E-state index contributed by atoms with van der Waals surface area (Å²) in [7, 11) is -2.01. The topological polar surface area (TPSA) is 49.4 Å². The van der Waals surface area contributed by atoms with E-state index in [1.54, 1.807) is 12.1 Å². The predicted octanol–water partition coefficient (Wildman–Crippen LogP) is 1.19. The third-order valence-electron chi connectivity index (χ3n) is 3.13.